The van der Waals surface area contributed by atoms with Crippen LogP contribution in [0.4, 0.5) is 0 Å². The molecule has 0 aliphatic carbocycles. The SMILES string of the molecule is CC([CH]O)CCO. The van der Waals surface area contributed by atoms with E-state index in [9.17, 15) is 0 Å². The number of rotatable bonds is 3. The molecular formula is C5H11O2. The molecule has 0 heterocycles. The third kappa shape index (κ3) is 3.76. The van der Waals surface area contributed by atoms with Crippen molar-refractivity contribution in [3.05, 3.63) is 6.61 Å². The Balaban J connectivity index is 2.83. The molecule has 2 heteroatoms. The first kappa shape index (κ1) is 6.92. The molecule has 0 aromatic heterocycles. The normalized spacial score (nSPS) is 14.1. The van der Waals surface area contributed by atoms with Crippen molar-refractivity contribution in [3.63, 3.8) is 0 Å². The van der Waals surface area contributed by atoms with Crippen LogP contribution in [-0.2, 0) is 0 Å². The van der Waals surface area contributed by atoms with Crippen molar-refractivity contribution in [1.82, 2.24) is 0 Å². The number of aliphatic hydroxyl groups excluding tert-OH is 2. The van der Waals surface area contributed by atoms with Crippen molar-refractivity contribution < 1.29 is 10.2 Å². The van der Waals surface area contributed by atoms with E-state index in [-0.39, 0.29) is 12.5 Å². The first-order valence-corrected chi connectivity index (χ1v) is 2.39. The Kier molecular flexibility index (Phi) is 4.04. The highest BCUT2D eigenvalue weighted by Crippen LogP contribution is 2.00. The molecule has 2 nitrogen and oxygen atoms in total. The molecular weight excluding hydrogens is 92.1 g/mol. The quantitative estimate of drug-likeness (QED) is 0.547. The smallest absolute Gasteiger partial charge is 0.0828 e. The number of hydrogen-bond donors (Lipinski definition) is 2. The largest absolute Gasteiger partial charge is 0.396 e. The topological polar surface area (TPSA) is 40.5 Å². The van der Waals surface area contributed by atoms with Gasteiger partial charge in [0.2, 0.25) is 0 Å². The van der Waals surface area contributed by atoms with Crippen molar-refractivity contribution in [2.24, 2.45) is 5.92 Å². The third-order valence-corrected chi connectivity index (χ3v) is 0.839. The maximum Gasteiger partial charge on any atom is 0.0828 e. The van der Waals surface area contributed by atoms with Gasteiger partial charge in [-0.25, -0.2) is 0 Å². The van der Waals surface area contributed by atoms with Crippen LogP contribution in [0.1, 0.15) is 13.3 Å². The molecule has 0 aromatic carbocycles. The fourth-order valence-electron chi connectivity index (χ4n) is 0.278. The zero-order valence-corrected chi connectivity index (χ0v) is 4.46. The van der Waals surface area contributed by atoms with Gasteiger partial charge in [0, 0.05) is 6.61 Å². The molecule has 1 radical (unpaired) electrons. The van der Waals surface area contributed by atoms with Gasteiger partial charge in [0.15, 0.2) is 0 Å². The Morgan fingerprint density at radius 2 is 2.29 bits per heavy atom. The summed E-state index contributed by atoms with van der Waals surface area (Å²) in [6.07, 6.45) is 0.649. The van der Waals surface area contributed by atoms with Crippen molar-refractivity contribution >= 4 is 0 Å². The minimum atomic E-state index is 0.130. The Bertz CT molecular complexity index is 37.1. The number of aliphatic hydroxyl groups is 2. The van der Waals surface area contributed by atoms with Crippen LogP contribution in [0.5, 0.6) is 0 Å². The van der Waals surface area contributed by atoms with Crippen molar-refractivity contribution in [2.75, 3.05) is 6.61 Å². The molecule has 0 bridgehead atoms. The van der Waals surface area contributed by atoms with Crippen LogP contribution in [0, 0.1) is 12.5 Å². The van der Waals surface area contributed by atoms with Crippen LogP contribution in [0.3, 0.4) is 0 Å². The molecule has 7 heavy (non-hydrogen) atoms. The summed E-state index contributed by atoms with van der Waals surface area (Å²) >= 11 is 0. The van der Waals surface area contributed by atoms with Crippen molar-refractivity contribution in [2.45, 2.75) is 13.3 Å². The molecule has 0 rings (SSSR count). The first-order valence-electron chi connectivity index (χ1n) is 2.39. The summed E-state index contributed by atoms with van der Waals surface area (Å²) in [4.78, 5) is 0. The highest BCUT2D eigenvalue weighted by atomic mass is 16.3. The minimum absolute atomic E-state index is 0.130. The molecule has 0 spiro atoms. The summed E-state index contributed by atoms with van der Waals surface area (Å²) in [5.74, 6) is 0.130. The van der Waals surface area contributed by atoms with Gasteiger partial charge in [-0.3, -0.25) is 0 Å². The molecule has 0 aliphatic rings. The van der Waals surface area contributed by atoms with Gasteiger partial charge < -0.3 is 10.2 Å². The maximum atomic E-state index is 8.24. The van der Waals surface area contributed by atoms with Crippen molar-refractivity contribution in [3.8, 4) is 0 Å². The predicted octanol–water partition coefficient (Wildman–Crippen LogP) is 0.539. The molecule has 1 unspecified atom stereocenters. The second-order valence-corrected chi connectivity index (χ2v) is 1.64. The summed E-state index contributed by atoms with van der Waals surface area (Å²) in [6.45, 7) is 3.09. The van der Waals surface area contributed by atoms with E-state index in [1.54, 1.807) is 0 Å². The Labute approximate surface area is 43.8 Å². The Morgan fingerprint density at radius 1 is 1.71 bits per heavy atom. The van der Waals surface area contributed by atoms with Crippen LogP contribution < -0.4 is 0 Å². The van der Waals surface area contributed by atoms with Crippen LogP contribution in [0.15, 0.2) is 0 Å². The third-order valence-electron chi connectivity index (χ3n) is 0.839. The second kappa shape index (κ2) is 4.09. The monoisotopic (exact) mass is 103 g/mol. The standard InChI is InChI=1S/C5H11O2/c1-5(4-7)2-3-6/h4-7H,2-3H2,1H3. The molecule has 43 valence electrons. The zero-order valence-electron chi connectivity index (χ0n) is 4.46. The zero-order chi connectivity index (χ0) is 5.70. The van der Waals surface area contributed by atoms with Gasteiger partial charge in [-0.2, -0.15) is 0 Å². The molecule has 0 aromatic rings. The van der Waals surface area contributed by atoms with Crippen molar-refractivity contribution in [1.29, 1.82) is 0 Å². The van der Waals surface area contributed by atoms with Gasteiger partial charge in [0.25, 0.3) is 0 Å². The van der Waals surface area contributed by atoms with E-state index < -0.39 is 0 Å². The summed E-state index contributed by atoms with van der Waals surface area (Å²) in [5, 5.41) is 16.5. The van der Waals surface area contributed by atoms with Gasteiger partial charge >= 0.3 is 0 Å². The van der Waals surface area contributed by atoms with E-state index in [4.69, 9.17) is 10.2 Å². The molecule has 2 N–H and O–H groups in total. The summed E-state index contributed by atoms with van der Waals surface area (Å²) in [5.41, 5.74) is 0. The lowest BCUT2D eigenvalue weighted by Crippen LogP contribution is -1.96. The van der Waals surface area contributed by atoms with Crippen LogP contribution >= 0.6 is 0 Å². The molecule has 0 saturated carbocycles. The molecule has 0 amide bonds. The summed E-state index contributed by atoms with van der Waals surface area (Å²) in [6, 6.07) is 0. The van der Waals surface area contributed by atoms with E-state index in [1.807, 2.05) is 6.92 Å². The van der Waals surface area contributed by atoms with E-state index in [1.165, 1.54) is 0 Å². The summed E-state index contributed by atoms with van der Waals surface area (Å²) < 4.78 is 0. The van der Waals surface area contributed by atoms with Gasteiger partial charge in [-0.1, -0.05) is 6.92 Å². The lowest BCUT2D eigenvalue weighted by molar-refractivity contribution is 0.239. The van der Waals surface area contributed by atoms with E-state index in [0.717, 1.165) is 6.61 Å². The average Bonchev–Trinajstić information content (AvgIpc) is 1.68. The first-order chi connectivity index (χ1) is 3.31. The average molecular weight is 103 g/mol. The van der Waals surface area contributed by atoms with Gasteiger partial charge in [0.05, 0.1) is 6.61 Å². The Hall–Kier alpha value is -0.0800. The lowest BCUT2D eigenvalue weighted by Gasteiger charge is -2.00. The lowest BCUT2D eigenvalue weighted by atomic mass is 10.1. The molecule has 0 fully saturated rings. The van der Waals surface area contributed by atoms with E-state index >= 15 is 0 Å². The number of hydrogen-bond acceptors (Lipinski definition) is 2. The van der Waals surface area contributed by atoms with E-state index in [0.29, 0.717) is 6.42 Å². The van der Waals surface area contributed by atoms with Crippen LogP contribution in [0.2, 0.25) is 0 Å². The summed E-state index contributed by atoms with van der Waals surface area (Å²) in [7, 11) is 0. The fraction of sp³-hybridized carbons (Fsp3) is 0.800. The van der Waals surface area contributed by atoms with Gasteiger partial charge in [0.1, 0.15) is 0 Å². The molecule has 1 atom stereocenters. The Morgan fingerprint density at radius 3 is 2.43 bits per heavy atom. The highest BCUT2D eigenvalue weighted by molar-refractivity contribution is 4.57. The predicted molar refractivity (Wildman–Crippen MR) is 27.1 cm³/mol. The maximum absolute atomic E-state index is 8.24. The molecule has 0 aliphatic heterocycles. The van der Waals surface area contributed by atoms with Gasteiger partial charge in [-0.15, -0.1) is 0 Å². The van der Waals surface area contributed by atoms with E-state index in [2.05, 4.69) is 0 Å². The highest BCUT2D eigenvalue weighted by Gasteiger charge is 1.95. The van der Waals surface area contributed by atoms with Gasteiger partial charge in [-0.05, 0) is 12.3 Å². The second-order valence-electron chi connectivity index (χ2n) is 1.64. The minimum Gasteiger partial charge on any atom is -0.396 e. The fourth-order valence-corrected chi connectivity index (χ4v) is 0.278. The van der Waals surface area contributed by atoms with Crippen LogP contribution in [-0.4, -0.2) is 16.8 Å². The van der Waals surface area contributed by atoms with Crippen LogP contribution in [0.25, 0.3) is 0 Å². The molecule has 0 saturated heterocycles.